The second-order valence-electron chi connectivity index (χ2n) is 4.88. The van der Waals surface area contributed by atoms with Gasteiger partial charge in [-0.25, -0.2) is 4.98 Å². The topological polar surface area (TPSA) is 43.8 Å². The first kappa shape index (κ1) is 11.1. The first-order chi connectivity index (χ1) is 8.16. The van der Waals surface area contributed by atoms with Crippen molar-refractivity contribution in [1.82, 2.24) is 9.55 Å². The zero-order valence-corrected chi connectivity index (χ0v) is 11.5. The number of nitrogens with zero attached hydrogens (tertiary/aromatic N) is 2. The monoisotopic (exact) mass is 293 g/mol. The Labute approximate surface area is 109 Å². The van der Waals surface area contributed by atoms with Gasteiger partial charge in [0.15, 0.2) is 0 Å². The molecule has 0 bridgehead atoms. The predicted molar refractivity (Wildman–Crippen MR) is 74.0 cm³/mol. The summed E-state index contributed by atoms with van der Waals surface area (Å²) >= 11 is 3.58. The van der Waals surface area contributed by atoms with Gasteiger partial charge in [0.05, 0.1) is 11.0 Å². The summed E-state index contributed by atoms with van der Waals surface area (Å²) in [6, 6.07) is 3.90. The third-order valence-corrected chi connectivity index (χ3v) is 4.30. The Kier molecular flexibility index (Phi) is 2.62. The molecule has 0 aliphatic heterocycles. The van der Waals surface area contributed by atoms with E-state index in [-0.39, 0.29) is 0 Å². The number of nitrogens with two attached hydrogens (primary N) is 1. The van der Waals surface area contributed by atoms with Gasteiger partial charge >= 0.3 is 0 Å². The second kappa shape index (κ2) is 4.02. The molecule has 3 rings (SSSR count). The minimum absolute atomic E-state index is 0.625. The molecular formula is C13H16BrN3. The SMILES string of the molecule is Cn1c(C2CCCC2)nc2cc(N)cc(Br)c21. The summed E-state index contributed by atoms with van der Waals surface area (Å²) in [4.78, 5) is 4.77. The van der Waals surface area contributed by atoms with Crippen molar-refractivity contribution >= 4 is 32.7 Å². The molecule has 1 aliphatic carbocycles. The average Bonchev–Trinajstić information content (AvgIpc) is 2.85. The number of nitrogen functional groups attached to an aromatic ring is 1. The maximum absolute atomic E-state index is 5.86. The number of halogens is 1. The van der Waals surface area contributed by atoms with Gasteiger partial charge in [0.25, 0.3) is 0 Å². The molecule has 1 heterocycles. The van der Waals surface area contributed by atoms with Crippen LogP contribution in [0, 0.1) is 0 Å². The first-order valence-corrected chi connectivity index (χ1v) is 6.87. The van der Waals surface area contributed by atoms with Gasteiger partial charge in [-0.1, -0.05) is 12.8 Å². The van der Waals surface area contributed by atoms with E-state index >= 15 is 0 Å². The number of aryl methyl sites for hydroxylation is 1. The van der Waals surface area contributed by atoms with Crippen LogP contribution in [0.25, 0.3) is 11.0 Å². The molecule has 4 heteroatoms. The third-order valence-electron chi connectivity index (χ3n) is 3.70. The number of benzene rings is 1. The van der Waals surface area contributed by atoms with Crippen LogP contribution in [0.1, 0.15) is 37.4 Å². The lowest BCUT2D eigenvalue weighted by molar-refractivity contribution is 0.639. The average molecular weight is 294 g/mol. The molecule has 0 amide bonds. The summed E-state index contributed by atoms with van der Waals surface area (Å²) in [6.45, 7) is 0. The number of hydrogen-bond donors (Lipinski definition) is 1. The van der Waals surface area contributed by atoms with Crippen LogP contribution in [0.2, 0.25) is 0 Å². The summed E-state index contributed by atoms with van der Waals surface area (Å²) in [5.74, 6) is 1.84. The lowest BCUT2D eigenvalue weighted by Crippen LogP contribution is -2.02. The molecule has 1 saturated carbocycles. The lowest BCUT2D eigenvalue weighted by atomic mass is 10.1. The van der Waals surface area contributed by atoms with Crippen LogP contribution in [-0.2, 0) is 7.05 Å². The first-order valence-electron chi connectivity index (χ1n) is 6.08. The maximum Gasteiger partial charge on any atom is 0.112 e. The van der Waals surface area contributed by atoms with Gasteiger partial charge < -0.3 is 10.3 Å². The van der Waals surface area contributed by atoms with E-state index in [0.717, 1.165) is 21.2 Å². The Hall–Kier alpha value is -1.03. The van der Waals surface area contributed by atoms with E-state index < -0.39 is 0 Å². The lowest BCUT2D eigenvalue weighted by Gasteiger charge is -2.09. The van der Waals surface area contributed by atoms with Gasteiger partial charge in [0, 0.05) is 23.1 Å². The smallest absolute Gasteiger partial charge is 0.112 e. The van der Waals surface area contributed by atoms with E-state index in [0.29, 0.717) is 5.92 Å². The van der Waals surface area contributed by atoms with Gasteiger partial charge in [0.1, 0.15) is 5.82 Å². The molecule has 2 N–H and O–H groups in total. The number of anilines is 1. The molecule has 0 saturated heterocycles. The zero-order valence-electron chi connectivity index (χ0n) is 9.91. The van der Waals surface area contributed by atoms with E-state index in [1.807, 2.05) is 12.1 Å². The van der Waals surface area contributed by atoms with Crippen LogP contribution in [0.5, 0.6) is 0 Å². The molecular weight excluding hydrogens is 278 g/mol. The van der Waals surface area contributed by atoms with E-state index in [1.54, 1.807) is 0 Å². The largest absolute Gasteiger partial charge is 0.399 e. The highest BCUT2D eigenvalue weighted by molar-refractivity contribution is 9.10. The van der Waals surface area contributed by atoms with Gasteiger partial charge in [-0.15, -0.1) is 0 Å². The molecule has 2 aromatic rings. The molecule has 0 spiro atoms. The summed E-state index contributed by atoms with van der Waals surface area (Å²) in [5, 5.41) is 0. The summed E-state index contributed by atoms with van der Waals surface area (Å²) in [6.07, 6.45) is 5.20. The molecule has 3 nitrogen and oxygen atoms in total. The molecule has 1 aliphatic rings. The Morgan fingerprint density at radius 2 is 2.06 bits per heavy atom. The highest BCUT2D eigenvalue weighted by Gasteiger charge is 2.23. The normalized spacial score (nSPS) is 17.1. The van der Waals surface area contributed by atoms with Crippen molar-refractivity contribution in [2.24, 2.45) is 7.05 Å². The van der Waals surface area contributed by atoms with Crippen LogP contribution in [0.15, 0.2) is 16.6 Å². The minimum atomic E-state index is 0.625. The van der Waals surface area contributed by atoms with Crippen LogP contribution in [0.4, 0.5) is 5.69 Å². The fourth-order valence-corrected chi connectivity index (χ4v) is 3.62. The van der Waals surface area contributed by atoms with Crippen LogP contribution < -0.4 is 5.73 Å². The molecule has 1 fully saturated rings. The molecule has 0 unspecified atom stereocenters. The number of imidazole rings is 1. The standard InChI is InChI=1S/C13H16BrN3/c1-17-12-10(14)6-9(15)7-11(12)16-13(17)8-4-2-3-5-8/h6-8H,2-5,15H2,1H3. The quantitative estimate of drug-likeness (QED) is 0.817. The number of aromatic nitrogens is 2. The van der Waals surface area contributed by atoms with Crippen molar-refractivity contribution in [3.05, 3.63) is 22.4 Å². The maximum atomic E-state index is 5.86. The van der Waals surface area contributed by atoms with Gasteiger partial charge in [0.2, 0.25) is 0 Å². The van der Waals surface area contributed by atoms with E-state index in [1.165, 1.54) is 31.5 Å². The minimum Gasteiger partial charge on any atom is -0.399 e. The Bertz CT molecular complexity index is 568. The summed E-state index contributed by atoms with van der Waals surface area (Å²) in [5.41, 5.74) is 8.78. The molecule has 17 heavy (non-hydrogen) atoms. The molecule has 0 radical (unpaired) electrons. The fraction of sp³-hybridized carbons (Fsp3) is 0.462. The second-order valence-corrected chi connectivity index (χ2v) is 5.74. The van der Waals surface area contributed by atoms with E-state index in [2.05, 4.69) is 27.5 Å². The Balaban J connectivity index is 2.20. The Morgan fingerprint density at radius 1 is 1.35 bits per heavy atom. The zero-order chi connectivity index (χ0) is 12.0. The van der Waals surface area contributed by atoms with E-state index in [4.69, 9.17) is 10.7 Å². The summed E-state index contributed by atoms with van der Waals surface area (Å²) in [7, 11) is 2.10. The molecule has 0 atom stereocenters. The summed E-state index contributed by atoms with van der Waals surface area (Å²) < 4.78 is 3.25. The van der Waals surface area contributed by atoms with Crippen LogP contribution in [-0.4, -0.2) is 9.55 Å². The van der Waals surface area contributed by atoms with Gasteiger partial charge in [-0.2, -0.15) is 0 Å². The van der Waals surface area contributed by atoms with Gasteiger partial charge in [-0.05, 0) is 40.9 Å². The van der Waals surface area contributed by atoms with Crippen molar-refractivity contribution in [2.75, 3.05) is 5.73 Å². The molecule has 90 valence electrons. The Morgan fingerprint density at radius 3 is 2.76 bits per heavy atom. The van der Waals surface area contributed by atoms with Crippen molar-refractivity contribution in [1.29, 1.82) is 0 Å². The highest BCUT2D eigenvalue weighted by atomic mass is 79.9. The number of hydrogen-bond acceptors (Lipinski definition) is 2. The molecule has 1 aromatic heterocycles. The predicted octanol–water partition coefficient (Wildman–Crippen LogP) is 3.58. The van der Waals surface area contributed by atoms with Crippen molar-refractivity contribution in [3.8, 4) is 0 Å². The van der Waals surface area contributed by atoms with Crippen molar-refractivity contribution < 1.29 is 0 Å². The van der Waals surface area contributed by atoms with Crippen molar-refractivity contribution in [2.45, 2.75) is 31.6 Å². The fourth-order valence-electron chi connectivity index (χ4n) is 2.88. The van der Waals surface area contributed by atoms with Crippen LogP contribution in [0.3, 0.4) is 0 Å². The molecule has 1 aromatic carbocycles. The van der Waals surface area contributed by atoms with Crippen LogP contribution >= 0.6 is 15.9 Å². The highest BCUT2D eigenvalue weighted by Crippen LogP contribution is 2.36. The van der Waals surface area contributed by atoms with E-state index in [9.17, 15) is 0 Å². The third kappa shape index (κ3) is 1.75. The van der Waals surface area contributed by atoms with Gasteiger partial charge in [-0.3, -0.25) is 0 Å². The number of fused-ring (bicyclic) bond motifs is 1. The number of rotatable bonds is 1. The van der Waals surface area contributed by atoms with Crippen molar-refractivity contribution in [3.63, 3.8) is 0 Å².